The second-order valence-corrected chi connectivity index (χ2v) is 7.07. The van der Waals surface area contributed by atoms with Crippen molar-refractivity contribution in [2.75, 3.05) is 4.72 Å². The minimum Gasteiger partial charge on any atom is -0.390 e. The Morgan fingerprint density at radius 3 is 2.67 bits per heavy atom. The highest BCUT2D eigenvalue weighted by Crippen LogP contribution is 2.21. The van der Waals surface area contributed by atoms with E-state index in [-0.39, 0.29) is 17.3 Å². The van der Waals surface area contributed by atoms with E-state index in [1.807, 2.05) is 13.8 Å². The lowest BCUT2D eigenvalue weighted by Gasteiger charge is -2.07. The molecule has 114 valence electrons. The molecule has 2 rings (SSSR count). The normalized spacial score (nSPS) is 11.6. The monoisotopic (exact) mass is 373 g/mol. The van der Waals surface area contributed by atoms with Crippen LogP contribution in [0.3, 0.4) is 0 Å². The van der Waals surface area contributed by atoms with Crippen LogP contribution in [0.4, 0.5) is 5.82 Å². The Bertz CT molecular complexity index is 735. The lowest BCUT2D eigenvalue weighted by Crippen LogP contribution is -2.13. The Morgan fingerprint density at radius 2 is 2.14 bits per heavy atom. The highest BCUT2D eigenvalue weighted by atomic mass is 79.9. The molecule has 2 aromatic heterocycles. The van der Waals surface area contributed by atoms with E-state index in [2.05, 4.69) is 25.6 Å². The minimum atomic E-state index is -3.72. The number of hydrogen-bond acceptors (Lipinski definition) is 4. The summed E-state index contributed by atoms with van der Waals surface area (Å²) in [5, 5.41) is 9.23. The molecule has 0 saturated carbocycles. The summed E-state index contributed by atoms with van der Waals surface area (Å²) in [7, 11) is -3.72. The molecule has 0 aliphatic carbocycles. The summed E-state index contributed by atoms with van der Waals surface area (Å²) < 4.78 is 29.6. The standard InChI is InChI=1S/C13H16BrN3O3S/c1-3-17-7-11(5-10(17)8-18)21(19,20)16-13-4-9(2)12(14)6-15-13/h4-7,18H,3,8H2,1-2H3,(H,15,16). The number of aryl methyl sites for hydroxylation is 2. The fourth-order valence-corrected chi connectivity index (χ4v) is 3.17. The first-order chi connectivity index (χ1) is 9.87. The molecule has 8 heteroatoms. The van der Waals surface area contributed by atoms with Crippen LogP contribution in [-0.2, 0) is 23.2 Å². The van der Waals surface area contributed by atoms with Gasteiger partial charge in [-0.15, -0.1) is 0 Å². The third-order valence-corrected chi connectivity index (χ3v) is 5.21. The van der Waals surface area contributed by atoms with Crippen LogP contribution < -0.4 is 4.72 Å². The Hall–Kier alpha value is -1.38. The van der Waals surface area contributed by atoms with Crippen LogP contribution in [0.25, 0.3) is 0 Å². The summed E-state index contributed by atoms with van der Waals surface area (Å²) in [6, 6.07) is 3.10. The molecular weight excluding hydrogens is 358 g/mol. The zero-order valence-corrected chi connectivity index (χ0v) is 14.1. The predicted octanol–water partition coefficient (Wildman–Crippen LogP) is 2.27. The Labute approximate surface area is 132 Å². The molecule has 0 amide bonds. The molecule has 0 radical (unpaired) electrons. The molecular formula is C13H16BrN3O3S. The summed E-state index contributed by atoms with van der Waals surface area (Å²) >= 11 is 3.31. The second kappa shape index (κ2) is 6.17. The number of nitrogens with zero attached hydrogens (tertiary/aromatic N) is 2. The van der Waals surface area contributed by atoms with E-state index in [9.17, 15) is 13.5 Å². The number of halogens is 1. The minimum absolute atomic E-state index is 0.107. The highest BCUT2D eigenvalue weighted by Gasteiger charge is 2.18. The first kappa shape index (κ1) is 16.0. The van der Waals surface area contributed by atoms with Crippen molar-refractivity contribution in [2.45, 2.75) is 31.9 Å². The van der Waals surface area contributed by atoms with Crippen molar-refractivity contribution in [3.63, 3.8) is 0 Å². The van der Waals surface area contributed by atoms with E-state index in [1.54, 1.807) is 16.8 Å². The maximum Gasteiger partial charge on any atom is 0.264 e. The molecule has 0 unspecified atom stereocenters. The number of nitrogens with one attached hydrogen (secondary N) is 1. The first-order valence-electron chi connectivity index (χ1n) is 6.32. The van der Waals surface area contributed by atoms with Gasteiger partial charge in [0.25, 0.3) is 10.0 Å². The zero-order chi connectivity index (χ0) is 15.6. The molecule has 0 spiro atoms. The van der Waals surface area contributed by atoms with Gasteiger partial charge in [0.05, 0.1) is 6.61 Å². The fourth-order valence-electron chi connectivity index (χ4n) is 1.89. The van der Waals surface area contributed by atoms with Crippen molar-refractivity contribution >= 4 is 31.8 Å². The third kappa shape index (κ3) is 3.45. The van der Waals surface area contributed by atoms with Gasteiger partial charge in [-0.1, -0.05) is 0 Å². The molecule has 6 nitrogen and oxygen atoms in total. The van der Waals surface area contributed by atoms with Gasteiger partial charge in [0.1, 0.15) is 10.7 Å². The average molecular weight is 374 g/mol. The molecule has 0 aliphatic rings. The highest BCUT2D eigenvalue weighted by molar-refractivity contribution is 9.10. The van der Waals surface area contributed by atoms with E-state index in [1.165, 1.54) is 12.3 Å². The number of anilines is 1. The largest absolute Gasteiger partial charge is 0.390 e. The van der Waals surface area contributed by atoms with Crippen LogP contribution in [0.2, 0.25) is 0 Å². The summed E-state index contributed by atoms with van der Waals surface area (Å²) in [4.78, 5) is 4.13. The van der Waals surface area contributed by atoms with Gasteiger partial charge in [0.2, 0.25) is 0 Å². The first-order valence-corrected chi connectivity index (χ1v) is 8.60. The number of pyridine rings is 1. The van der Waals surface area contributed by atoms with Crippen LogP contribution in [0.15, 0.2) is 33.9 Å². The van der Waals surface area contributed by atoms with Crippen molar-refractivity contribution < 1.29 is 13.5 Å². The number of aliphatic hydroxyl groups is 1. The molecule has 0 saturated heterocycles. The summed E-state index contributed by atoms with van der Waals surface area (Å²) in [5.41, 5.74) is 1.43. The van der Waals surface area contributed by atoms with E-state index >= 15 is 0 Å². The Kier molecular flexibility index (Phi) is 4.70. The van der Waals surface area contributed by atoms with Gasteiger partial charge in [0, 0.05) is 29.1 Å². The predicted molar refractivity (Wildman–Crippen MR) is 83.5 cm³/mol. The van der Waals surface area contributed by atoms with E-state index in [4.69, 9.17) is 0 Å². The summed E-state index contributed by atoms with van der Waals surface area (Å²) in [5.74, 6) is 0.255. The van der Waals surface area contributed by atoms with Crippen LogP contribution in [0, 0.1) is 6.92 Å². The van der Waals surface area contributed by atoms with Gasteiger partial charge in [0.15, 0.2) is 0 Å². The molecule has 0 aromatic carbocycles. The second-order valence-electron chi connectivity index (χ2n) is 4.54. The van der Waals surface area contributed by atoms with Crippen molar-refractivity contribution in [2.24, 2.45) is 0 Å². The van der Waals surface area contributed by atoms with Crippen LogP contribution in [0.5, 0.6) is 0 Å². The van der Waals surface area contributed by atoms with Gasteiger partial charge in [-0.05, 0) is 47.5 Å². The summed E-state index contributed by atoms with van der Waals surface area (Å²) in [6.45, 7) is 4.10. The molecule has 21 heavy (non-hydrogen) atoms. The quantitative estimate of drug-likeness (QED) is 0.841. The van der Waals surface area contributed by atoms with E-state index in [0.717, 1.165) is 10.0 Å². The maximum absolute atomic E-state index is 12.3. The molecule has 2 N–H and O–H groups in total. The number of aliphatic hydroxyl groups excluding tert-OH is 1. The number of rotatable bonds is 5. The Morgan fingerprint density at radius 1 is 1.43 bits per heavy atom. The van der Waals surface area contributed by atoms with Gasteiger partial charge < -0.3 is 9.67 Å². The third-order valence-electron chi connectivity index (χ3n) is 3.06. The smallest absolute Gasteiger partial charge is 0.264 e. The Balaban J connectivity index is 2.33. The molecule has 0 fully saturated rings. The zero-order valence-electron chi connectivity index (χ0n) is 11.7. The van der Waals surface area contributed by atoms with Gasteiger partial charge in [-0.3, -0.25) is 4.72 Å². The molecule has 2 aromatic rings. The SMILES string of the molecule is CCn1cc(S(=O)(=O)Nc2cc(C)c(Br)cn2)cc1CO. The van der Waals surface area contributed by atoms with Crippen molar-refractivity contribution in [3.05, 3.63) is 40.3 Å². The maximum atomic E-state index is 12.3. The van der Waals surface area contributed by atoms with Crippen LogP contribution >= 0.6 is 15.9 Å². The van der Waals surface area contributed by atoms with E-state index < -0.39 is 10.0 Å². The average Bonchev–Trinajstić information content (AvgIpc) is 2.86. The van der Waals surface area contributed by atoms with Crippen LogP contribution in [0.1, 0.15) is 18.2 Å². The molecule has 0 bridgehead atoms. The van der Waals surface area contributed by atoms with Crippen molar-refractivity contribution in [3.8, 4) is 0 Å². The lowest BCUT2D eigenvalue weighted by atomic mass is 10.3. The van der Waals surface area contributed by atoms with Gasteiger partial charge in [-0.25, -0.2) is 13.4 Å². The number of aromatic nitrogens is 2. The van der Waals surface area contributed by atoms with Gasteiger partial charge in [-0.2, -0.15) is 0 Å². The van der Waals surface area contributed by atoms with Crippen molar-refractivity contribution in [1.82, 2.24) is 9.55 Å². The van der Waals surface area contributed by atoms with E-state index in [0.29, 0.717) is 12.2 Å². The van der Waals surface area contributed by atoms with Crippen LogP contribution in [-0.4, -0.2) is 23.1 Å². The van der Waals surface area contributed by atoms with Crippen molar-refractivity contribution in [1.29, 1.82) is 0 Å². The fraction of sp³-hybridized carbons (Fsp3) is 0.308. The number of hydrogen-bond donors (Lipinski definition) is 2. The molecule has 2 heterocycles. The lowest BCUT2D eigenvalue weighted by molar-refractivity contribution is 0.271. The topological polar surface area (TPSA) is 84.2 Å². The molecule has 0 atom stereocenters. The number of sulfonamides is 1. The van der Waals surface area contributed by atoms with Gasteiger partial charge >= 0.3 is 0 Å². The summed E-state index contributed by atoms with van der Waals surface area (Å²) in [6.07, 6.45) is 3.04. The molecule has 0 aliphatic heterocycles.